The topological polar surface area (TPSA) is 68.6 Å². The van der Waals surface area contributed by atoms with E-state index in [1.807, 2.05) is 19.9 Å². The number of carbonyl (C=O) groups is 3. The van der Waals surface area contributed by atoms with E-state index in [4.69, 9.17) is 4.74 Å². The molecule has 0 spiro atoms. The summed E-state index contributed by atoms with van der Waals surface area (Å²) in [6, 6.07) is 8.71. The van der Waals surface area contributed by atoms with Crippen LogP contribution in [0, 0.1) is 13.8 Å². The molecule has 6 nitrogen and oxygen atoms in total. The van der Waals surface area contributed by atoms with Crippen molar-refractivity contribution in [2.24, 2.45) is 0 Å². The number of Topliss-reactive ketones (excluding diaryl/α,β-unsaturated/α-hetero) is 1. The highest BCUT2D eigenvalue weighted by molar-refractivity contribution is 6.05. The molecule has 0 saturated carbocycles. The molecule has 3 rings (SSSR count). The van der Waals surface area contributed by atoms with Crippen LogP contribution in [-0.4, -0.2) is 35.4 Å². The highest BCUT2D eigenvalue weighted by atomic mass is 16.5. The molecule has 0 aliphatic carbocycles. The molecule has 1 saturated heterocycles. The Morgan fingerprint density at radius 1 is 1.14 bits per heavy atom. The monoisotopic (exact) mass is 382 g/mol. The third kappa shape index (κ3) is 3.86. The van der Waals surface area contributed by atoms with Crippen molar-refractivity contribution in [3.05, 3.63) is 52.8 Å². The zero-order chi connectivity index (χ0) is 20.3. The van der Waals surface area contributed by atoms with Crippen LogP contribution >= 0.6 is 0 Å². The van der Waals surface area contributed by atoms with Gasteiger partial charge in [-0.05, 0) is 44.9 Å². The van der Waals surface area contributed by atoms with Crippen LogP contribution in [0.1, 0.15) is 58.3 Å². The van der Waals surface area contributed by atoms with Crippen molar-refractivity contribution >= 4 is 23.3 Å². The Labute approximate surface area is 165 Å². The van der Waals surface area contributed by atoms with Gasteiger partial charge in [0.15, 0.2) is 6.61 Å². The summed E-state index contributed by atoms with van der Waals surface area (Å²) in [5, 5.41) is 0. The zero-order valence-corrected chi connectivity index (χ0v) is 16.7. The molecular weight excluding hydrogens is 356 g/mol. The van der Waals surface area contributed by atoms with Crippen molar-refractivity contribution in [1.29, 1.82) is 0 Å². The van der Waals surface area contributed by atoms with E-state index in [9.17, 15) is 14.4 Å². The van der Waals surface area contributed by atoms with Crippen LogP contribution in [0.4, 0.5) is 5.69 Å². The summed E-state index contributed by atoms with van der Waals surface area (Å²) in [7, 11) is 0. The lowest BCUT2D eigenvalue weighted by Crippen LogP contribution is -2.26. The Balaban J connectivity index is 1.72. The van der Waals surface area contributed by atoms with Crippen LogP contribution in [0.5, 0.6) is 0 Å². The molecule has 1 aliphatic rings. The van der Waals surface area contributed by atoms with Crippen LogP contribution in [0.2, 0.25) is 0 Å². The maximum absolute atomic E-state index is 12.6. The first-order valence-corrected chi connectivity index (χ1v) is 9.70. The standard InChI is InChI=1S/C22H26N2O4/c1-4-11-23-15(2)13-18(16(23)3)20(25)14-28-22(27)17-8-5-6-9-19(17)24-12-7-10-21(24)26/h5-6,8-9,13H,4,7,10-12,14H2,1-3H3. The van der Waals surface area contributed by atoms with Gasteiger partial charge in [0.05, 0.1) is 11.3 Å². The third-order valence-corrected chi connectivity index (χ3v) is 5.14. The average molecular weight is 382 g/mol. The van der Waals surface area contributed by atoms with Crippen molar-refractivity contribution < 1.29 is 19.1 Å². The molecule has 2 heterocycles. The molecule has 0 bridgehead atoms. The number of esters is 1. The van der Waals surface area contributed by atoms with Gasteiger partial charge in [-0.3, -0.25) is 9.59 Å². The van der Waals surface area contributed by atoms with Gasteiger partial charge in [0.2, 0.25) is 11.7 Å². The molecule has 0 atom stereocenters. The van der Waals surface area contributed by atoms with Crippen molar-refractivity contribution in [3.8, 4) is 0 Å². The van der Waals surface area contributed by atoms with E-state index >= 15 is 0 Å². The molecule has 2 aromatic rings. The predicted molar refractivity (Wildman–Crippen MR) is 107 cm³/mol. The SMILES string of the molecule is CCCn1c(C)cc(C(=O)COC(=O)c2ccccc2N2CCCC2=O)c1C. The first-order valence-electron chi connectivity index (χ1n) is 9.70. The second kappa shape index (κ2) is 8.42. The average Bonchev–Trinajstić information content (AvgIpc) is 3.24. The summed E-state index contributed by atoms with van der Waals surface area (Å²) in [6.45, 7) is 7.08. The molecular formula is C22H26N2O4. The number of ketones is 1. The molecule has 1 aromatic carbocycles. The van der Waals surface area contributed by atoms with Gasteiger partial charge in [-0.15, -0.1) is 0 Å². The minimum absolute atomic E-state index is 0.000287. The van der Waals surface area contributed by atoms with E-state index in [1.165, 1.54) is 0 Å². The molecule has 1 fully saturated rings. The molecule has 6 heteroatoms. The van der Waals surface area contributed by atoms with Gasteiger partial charge in [-0.1, -0.05) is 19.1 Å². The van der Waals surface area contributed by atoms with Gasteiger partial charge in [0, 0.05) is 36.5 Å². The van der Waals surface area contributed by atoms with Gasteiger partial charge >= 0.3 is 5.97 Å². The fourth-order valence-corrected chi connectivity index (χ4v) is 3.72. The quantitative estimate of drug-likeness (QED) is 0.541. The van der Waals surface area contributed by atoms with E-state index in [-0.39, 0.29) is 18.3 Å². The number of anilines is 1. The number of amides is 1. The van der Waals surface area contributed by atoms with Gasteiger partial charge < -0.3 is 14.2 Å². The van der Waals surface area contributed by atoms with E-state index in [1.54, 1.807) is 29.2 Å². The number of benzene rings is 1. The molecule has 28 heavy (non-hydrogen) atoms. The summed E-state index contributed by atoms with van der Waals surface area (Å²) < 4.78 is 7.41. The maximum atomic E-state index is 12.6. The van der Waals surface area contributed by atoms with Crippen molar-refractivity contribution in [3.63, 3.8) is 0 Å². The van der Waals surface area contributed by atoms with E-state index in [2.05, 4.69) is 11.5 Å². The van der Waals surface area contributed by atoms with Gasteiger partial charge in [-0.2, -0.15) is 0 Å². The first kappa shape index (κ1) is 19.9. The minimum atomic E-state index is -0.592. The summed E-state index contributed by atoms with van der Waals surface area (Å²) in [5.74, 6) is -0.816. The molecule has 148 valence electrons. The van der Waals surface area contributed by atoms with Crippen LogP contribution < -0.4 is 4.90 Å². The second-order valence-corrected chi connectivity index (χ2v) is 7.10. The number of hydrogen-bond acceptors (Lipinski definition) is 4. The van der Waals surface area contributed by atoms with Crippen molar-refractivity contribution in [2.45, 2.75) is 46.6 Å². The smallest absolute Gasteiger partial charge is 0.340 e. The van der Waals surface area contributed by atoms with E-state index < -0.39 is 5.97 Å². The Kier molecular flexibility index (Phi) is 5.97. The number of aryl methyl sites for hydroxylation is 1. The fraction of sp³-hybridized carbons (Fsp3) is 0.409. The lowest BCUT2D eigenvalue weighted by atomic mass is 10.1. The number of carbonyl (C=O) groups excluding carboxylic acids is 3. The summed E-state index contributed by atoms with van der Waals surface area (Å²) in [5.41, 5.74) is 3.35. The largest absolute Gasteiger partial charge is 0.454 e. The lowest BCUT2D eigenvalue weighted by Gasteiger charge is -2.18. The second-order valence-electron chi connectivity index (χ2n) is 7.10. The lowest BCUT2D eigenvalue weighted by molar-refractivity contribution is -0.117. The number of rotatable bonds is 7. The van der Waals surface area contributed by atoms with Crippen LogP contribution in [0.15, 0.2) is 30.3 Å². The normalized spacial score (nSPS) is 13.8. The van der Waals surface area contributed by atoms with E-state index in [0.717, 1.165) is 30.8 Å². The molecule has 0 unspecified atom stereocenters. The molecule has 1 aliphatic heterocycles. The summed E-state index contributed by atoms with van der Waals surface area (Å²) >= 11 is 0. The summed E-state index contributed by atoms with van der Waals surface area (Å²) in [4.78, 5) is 38.9. The van der Waals surface area contributed by atoms with Crippen LogP contribution in [0.3, 0.4) is 0 Å². The van der Waals surface area contributed by atoms with Crippen LogP contribution in [0.25, 0.3) is 0 Å². The number of aromatic nitrogens is 1. The number of hydrogen-bond donors (Lipinski definition) is 0. The van der Waals surface area contributed by atoms with Gasteiger partial charge in [0.25, 0.3) is 0 Å². The highest BCUT2D eigenvalue weighted by Gasteiger charge is 2.26. The summed E-state index contributed by atoms with van der Waals surface area (Å²) in [6.07, 6.45) is 2.23. The fourth-order valence-electron chi connectivity index (χ4n) is 3.72. The van der Waals surface area contributed by atoms with Gasteiger partial charge in [-0.25, -0.2) is 4.79 Å². The first-order chi connectivity index (χ1) is 13.4. The van der Waals surface area contributed by atoms with Crippen molar-refractivity contribution in [2.75, 3.05) is 18.1 Å². The predicted octanol–water partition coefficient (Wildman–Crippen LogP) is 3.68. The Hall–Kier alpha value is -2.89. The number of nitrogens with zero attached hydrogens (tertiary/aromatic N) is 2. The van der Waals surface area contributed by atoms with Crippen molar-refractivity contribution in [1.82, 2.24) is 4.57 Å². The highest BCUT2D eigenvalue weighted by Crippen LogP contribution is 2.26. The third-order valence-electron chi connectivity index (χ3n) is 5.14. The Bertz CT molecular complexity index is 913. The minimum Gasteiger partial charge on any atom is -0.454 e. The number of para-hydroxylation sites is 1. The molecule has 1 aromatic heterocycles. The Morgan fingerprint density at radius 3 is 2.57 bits per heavy atom. The zero-order valence-electron chi connectivity index (χ0n) is 16.7. The number of ether oxygens (including phenoxy) is 1. The molecule has 0 radical (unpaired) electrons. The van der Waals surface area contributed by atoms with Gasteiger partial charge in [0.1, 0.15) is 0 Å². The van der Waals surface area contributed by atoms with Crippen LogP contribution in [-0.2, 0) is 16.1 Å². The molecule has 1 amide bonds. The molecule has 0 N–H and O–H groups in total. The van der Waals surface area contributed by atoms with E-state index in [0.29, 0.717) is 29.8 Å². The Morgan fingerprint density at radius 2 is 1.89 bits per heavy atom. The maximum Gasteiger partial charge on any atom is 0.340 e.